The van der Waals surface area contributed by atoms with E-state index in [1.54, 1.807) is 12.3 Å². The van der Waals surface area contributed by atoms with Crippen molar-refractivity contribution >= 4 is 17.8 Å². The molecule has 152 valence electrons. The van der Waals surface area contributed by atoms with E-state index in [1.165, 1.54) is 5.56 Å². The van der Waals surface area contributed by atoms with Gasteiger partial charge in [-0.2, -0.15) is 0 Å². The van der Waals surface area contributed by atoms with Crippen LogP contribution in [0.25, 0.3) is 0 Å². The zero-order chi connectivity index (χ0) is 21.1. The van der Waals surface area contributed by atoms with Gasteiger partial charge in [0.05, 0.1) is 0 Å². The number of hydrogen-bond acceptors (Lipinski definition) is 5. The lowest BCUT2D eigenvalue weighted by Crippen LogP contribution is -2.48. The number of nitrogens with zero attached hydrogens (tertiary/aromatic N) is 3. The second-order valence-corrected chi connectivity index (χ2v) is 6.28. The van der Waals surface area contributed by atoms with Crippen molar-refractivity contribution in [3.8, 4) is 0 Å². The number of amides is 1. The molecule has 1 aromatic heterocycles. The van der Waals surface area contributed by atoms with Crippen LogP contribution in [0.5, 0.6) is 0 Å². The van der Waals surface area contributed by atoms with Crippen molar-refractivity contribution in [1.82, 2.24) is 14.8 Å². The summed E-state index contributed by atoms with van der Waals surface area (Å²) >= 11 is 0. The molecule has 8 heteroatoms. The van der Waals surface area contributed by atoms with Gasteiger partial charge in [-0.15, -0.1) is 0 Å². The molecular formula is C21H23N3O5. The van der Waals surface area contributed by atoms with Crippen LogP contribution < -0.4 is 0 Å². The Morgan fingerprint density at radius 2 is 1.45 bits per heavy atom. The maximum absolute atomic E-state index is 12.3. The smallest absolute Gasteiger partial charge is 0.328 e. The third-order valence-corrected chi connectivity index (χ3v) is 4.16. The van der Waals surface area contributed by atoms with E-state index in [0.717, 1.165) is 32.7 Å². The number of carbonyl (C=O) groups is 3. The highest BCUT2D eigenvalue weighted by molar-refractivity contribution is 5.92. The number of benzene rings is 1. The molecule has 1 aliphatic heterocycles. The zero-order valence-electron chi connectivity index (χ0n) is 15.8. The molecule has 0 spiro atoms. The third kappa shape index (κ3) is 7.94. The molecule has 1 aliphatic rings. The Bertz CT molecular complexity index is 816. The van der Waals surface area contributed by atoms with Gasteiger partial charge in [0.25, 0.3) is 5.91 Å². The number of hydrogen-bond donors (Lipinski definition) is 2. The van der Waals surface area contributed by atoms with Crippen LogP contribution in [0.15, 0.2) is 66.9 Å². The van der Waals surface area contributed by atoms with Crippen molar-refractivity contribution in [2.24, 2.45) is 0 Å². The first-order chi connectivity index (χ1) is 14.0. The van der Waals surface area contributed by atoms with E-state index in [1.807, 2.05) is 23.1 Å². The third-order valence-electron chi connectivity index (χ3n) is 4.16. The fraction of sp³-hybridized carbons (Fsp3) is 0.238. The molecule has 0 bridgehead atoms. The molecule has 29 heavy (non-hydrogen) atoms. The maximum atomic E-state index is 12.3. The fourth-order valence-electron chi connectivity index (χ4n) is 2.74. The van der Waals surface area contributed by atoms with E-state index >= 15 is 0 Å². The van der Waals surface area contributed by atoms with Gasteiger partial charge in [-0.25, -0.2) is 9.59 Å². The first kappa shape index (κ1) is 21.8. The average Bonchev–Trinajstić information content (AvgIpc) is 2.74. The summed E-state index contributed by atoms with van der Waals surface area (Å²) in [6.07, 6.45) is 2.78. The molecule has 8 nitrogen and oxygen atoms in total. The van der Waals surface area contributed by atoms with Gasteiger partial charge in [-0.3, -0.25) is 14.7 Å². The van der Waals surface area contributed by atoms with Crippen LogP contribution in [0.2, 0.25) is 0 Å². The maximum Gasteiger partial charge on any atom is 0.328 e. The average molecular weight is 397 g/mol. The summed E-state index contributed by atoms with van der Waals surface area (Å²) in [5.41, 5.74) is 1.86. The SMILES string of the molecule is O=C(O)/C=C/C(=O)O.O=C(c1ccccn1)N1CCN(Cc2ccccc2)CC1. The van der Waals surface area contributed by atoms with E-state index in [9.17, 15) is 14.4 Å². The summed E-state index contributed by atoms with van der Waals surface area (Å²) < 4.78 is 0. The van der Waals surface area contributed by atoms with Crippen LogP contribution in [0, 0.1) is 0 Å². The van der Waals surface area contributed by atoms with Crippen molar-refractivity contribution in [3.05, 3.63) is 78.1 Å². The number of rotatable bonds is 5. The molecule has 0 radical (unpaired) electrons. The van der Waals surface area contributed by atoms with E-state index in [4.69, 9.17) is 10.2 Å². The molecule has 0 saturated carbocycles. The Hall–Kier alpha value is -3.52. The molecule has 3 rings (SSSR count). The predicted molar refractivity (Wildman–Crippen MR) is 106 cm³/mol. The fourth-order valence-corrected chi connectivity index (χ4v) is 2.74. The Morgan fingerprint density at radius 3 is 1.97 bits per heavy atom. The van der Waals surface area contributed by atoms with Crippen LogP contribution in [0.3, 0.4) is 0 Å². The van der Waals surface area contributed by atoms with Crippen molar-refractivity contribution in [1.29, 1.82) is 0 Å². The Morgan fingerprint density at radius 1 is 0.862 bits per heavy atom. The Labute approximate surface area is 168 Å². The van der Waals surface area contributed by atoms with E-state index in [0.29, 0.717) is 17.8 Å². The van der Waals surface area contributed by atoms with Crippen LogP contribution in [-0.2, 0) is 16.1 Å². The topological polar surface area (TPSA) is 111 Å². The Balaban J connectivity index is 0.000000321. The number of aliphatic carboxylic acids is 2. The quantitative estimate of drug-likeness (QED) is 0.740. The molecule has 1 saturated heterocycles. The minimum absolute atomic E-state index is 0.0370. The monoisotopic (exact) mass is 397 g/mol. The molecule has 2 heterocycles. The van der Waals surface area contributed by atoms with Crippen LogP contribution in [-0.4, -0.2) is 69.0 Å². The Kier molecular flexibility index (Phi) is 8.52. The lowest BCUT2D eigenvalue weighted by molar-refractivity contribution is -0.134. The lowest BCUT2D eigenvalue weighted by Gasteiger charge is -2.34. The van der Waals surface area contributed by atoms with Gasteiger partial charge in [0, 0.05) is 51.1 Å². The van der Waals surface area contributed by atoms with E-state index in [2.05, 4.69) is 34.1 Å². The highest BCUT2D eigenvalue weighted by Crippen LogP contribution is 2.10. The largest absolute Gasteiger partial charge is 0.478 e. The summed E-state index contributed by atoms with van der Waals surface area (Å²) in [5.74, 6) is -2.48. The van der Waals surface area contributed by atoms with Gasteiger partial charge in [-0.05, 0) is 17.7 Å². The van der Waals surface area contributed by atoms with Crippen molar-refractivity contribution < 1.29 is 24.6 Å². The van der Waals surface area contributed by atoms with Gasteiger partial charge in [0.15, 0.2) is 0 Å². The van der Waals surface area contributed by atoms with Gasteiger partial charge in [-0.1, -0.05) is 36.4 Å². The van der Waals surface area contributed by atoms with Crippen LogP contribution in [0.4, 0.5) is 0 Å². The van der Waals surface area contributed by atoms with E-state index < -0.39 is 11.9 Å². The highest BCUT2D eigenvalue weighted by atomic mass is 16.4. The summed E-state index contributed by atoms with van der Waals surface area (Å²) in [6, 6.07) is 15.9. The van der Waals surface area contributed by atoms with Crippen molar-refractivity contribution in [3.63, 3.8) is 0 Å². The number of carbonyl (C=O) groups excluding carboxylic acids is 1. The van der Waals surface area contributed by atoms with Gasteiger partial charge < -0.3 is 15.1 Å². The summed E-state index contributed by atoms with van der Waals surface area (Å²) in [7, 11) is 0. The molecule has 1 fully saturated rings. The second-order valence-electron chi connectivity index (χ2n) is 6.28. The first-order valence-electron chi connectivity index (χ1n) is 9.06. The minimum atomic E-state index is -1.26. The van der Waals surface area contributed by atoms with Gasteiger partial charge in [0.1, 0.15) is 5.69 Å². The van der Waals surface area contributed by atoms with Crippen LogP contribution >= 0.6 is 0 Å². The molecule has 1 aromatic carbocycles. The molecule has 0 aliphatic carbocycles. The number of piperazine rings is 1. The normalized spacial score (nSPS) is 14.1. The number of aromatic nitrogens is 1. The lowest BCUT2D eigenvalue weighted by atomic mass is 10.2. The molecule has 1 amide bonds. The highest BCUT2D eigenvalue weighted by Gasteiger charge is 2.22. The molecule has 2 N–H and O–H groups in total. The van der Waals surface area contributed by atoms with Crippen molar-refractivity contribution in [2.45, 2.75) is 6.54 Å². The number of pyridine rings is 1. The van der Waals surface area contributed by atoms with Crippen molar-refractivity contribution in [2.75, 3.05) is 26.2 Å². The van der Waals surface area contributed by atoms with Crippen LogP contribution in [0.1, 0.15) is 16.1 Å². The van der Waals surface area contributed by atoms with Gasteiger partial charge in [0.2, 0.25) is 0 Å². The summed E-state index contributed by atoms with van der Waals surface area (Å²) in [5, 5.41) is 15.6. The molecule has 2 aromatic rings. The predicted octanol–water partition coefficient (Wildman–Crippen LogP) is 1.75. The first-order valence-corrected chi connectivity index (χ1v) is 9.06. The molecule has 0 atom stereocenters. The minimum Gasteiger partial charge on any atom is -0.478 e. The zero-order valence-corrected chi connectivity index (χ0v) is 15.8. The van der Waals surface area contributed by atoms with E-state index in [-0.39, 0.29) is 5.91 Å². The summed E-state index contributed by atoms with van der Waals surface area (Å²) in [6.45, 7) is 4.30. The molecular weight excluding hydrogens is 374 g/mol. The number of carboxylic acid groups (broad SMARTS) is 2. The standard InChI is InChI=1S/C17H19N3O.C4H4O4/c21-17(16-8-4-5-9-18-16)20-12-10-19(11-13-20)14-15-6-2-1-3-7-15;5-3(6)1-2-4(7)8/h1-9H,10-14H2;1-2H,(H,5,6)(H,7,8)/b;2-1+. The van der Waals surface area contributed by atoms with Gasteiger partial charge >= 0.3 is 11.9 Å². The second kappa shape index (κ2) is 11.4. The number of carboxylic acids is 2. The summed E-state index contributed by atoms with van der Waals surface area (Å²) in [4.78, 5) is 39.8. The molecule has 0 unspecified atom stereocenters.